The first kappa shape index (κ1) is 15.5. The van der Waals surface area contributed by atoms with Gasteiger partial charge in [-0.1, -0.05) is 27.7 Å². The Hall–Kier alpha value is -0.940. The molecule has 0 bridgehead atoms. The normalized spacial score (nSPS) is 7.14. The molecule has 0 aromatic heterocycles. The van der Waals surface area contributed by atoms with Crippen molar-refractivity contribution < 1.29 is 0 Å². The van der Waals surface area contributed by atoms with Crippen molar-refractivity contribution in [3.8, 4) is 6.07 Å². The molecule has 0 aliphatic heterocycles. The summed E-state index contributed by atoms with van der Waals surface area (Å²) < 4.78 is 0. The lowest BCUT2D eigenvalue weighted by atomic mass is 10.2. The van der Waals surface area contributed by atoms with Crippen molar-refractivity contribution in [2.75, 3.05) is 6.26 Å². The zero-order valence-electron chi connectivity index (χ0n) is 9.66. The van der Waals surface area contributed by atoms with Gasteiger partial charge < -0.3 is 0 Å². The second-order valence-electron chi connectivity index (χ2n) is 1.84. The molecule has 0 aliphatic carbocycles. The van der Waals surface area contributed by atoms with Crippen molar-refractivity contribution in [2.45, 2.75) is 32.6 Å². The smallest absolute Gasteiger partial charge is 0.0991 e. The quantitative estimate of drug-likeness (QED) is 0.643. The van der Waals surface area contributed by atoms with Crippen LogP contribution in [-0.2, 0) is 0 Å². The van der Waals surface area contributed by atoms with Gasteiger partial charge in [0.25, 0.3) is 0 Å². The van der Waals surface area contributed by atoms with Crippen molar-refractivity contribution >= 4 is 11.8 Å². The minimum atomic E-state index is 0.720. The molecule has 0 heterocycles. The third-order valence-electron chi connectivity index (χ3n) is 1.22. The molecule has 0 spiro atoms. The van der Waals surface area contributed by atoms with Gasteiger partial charge in [0, 0.05) is 4.90 Å². The van der Waals surface area contributed by atoms with E-state index in [0.29, 0.717) is 0 Å². The summed E-state index contributed by atoms with van der Waals surface area (Å²) in [5.74, 6) is 0. The van der Waals surface area contributed by atoms with Crippen LogP contribution in [0, 0.1) is 11.3 Å². The van der Waals surface area contributed by atoms with Crippen LogP contribution < -0.4 is 0 Å². The molecule has 14 heavy (non-hydrogen) atoms. The number of nitriles is 1. The molecule has 1 aromatic carbocycles. The number of hydrogen-bond donors (Lipinski definition) is 0. The minimum absolute atomic E-state index is 0.720. The summed E-state index contributed by atoms with van der Waals surface area (Å²) in [7, 11) is 0. The van der Waals surface area contributed by atoms with E-state index in [2.05, 4.69) is 6.07 Å². The van der Waals surface area contributed by atoms with Gasteiger partial charge in [-0.15, -0.1) is 11.8 Å². The Labute approximate surface area is 92.1 Å². The molecule has 0 atom stereocenters. The second-order valence-corrected chi connectivity index (χ2v) is 2.72. The topological polar surface area (TPSA) is 23.8 Å². The number of benzene rings is 1. The zero-order valence-corrected chi connectivity index (χ0v) is 10.5. The first-order valence-corrected chi connectivity index (χ1v) is 6.13. The minimum Gasteiger partial charge on any atom is -0.192 e. The maximum atomic E-state index is 8.44. The van der Waals surface area contributed by atoms with Crippen LogP contribution in [0.3, 0.4) is 0 Å². The average molecular weight is 209 g/mol. The molecule has 0 saturated heterocycles. The fourth-order valence-corrected chi connectivity index (χ4v) is 1.07. The largest absolute Gasteiger partial charge is 0.192 e. The number of nitrogens with zero attached hydrogens (tertiary/aromatic N) is 1. The Bertz CT molecular complexity index is 246. The number of rotatable bonds is 1. The Balaban J connectivity index is 0. The Morgan fingerprint density at radius 3 is 1.71 bits per heavy atom. The highest BCUT2D eigenvalue weighted by Gasteiger charge is 1.89. The summed E-state index contributed by atoms with van der Waals surface area (Å²) in [6.07, 6.45) is 2.02. The van der Waals surface area contributed by atoms with Crippen molar-refractivity contribution in [3.05, 3.63) is 29.8 Å². The summed E-state index contributed by atoms with van der Waals surface area (Å²) in [6.45, 7) is 8.00. The van der Waals surface area contributed by atoms with E-state index in [-0.39, 0.29) is 0 Å². The van der Waals surface area contributed by atoms with Gasteiger partial charge >= 0.3 is 0 Å². The van der Waals surface area contributed by atoms with E-state index in [4.69, 9.17) is 5.26 Å². The van der Waals surface area contributed by atoms with Gasteiger partial charge in [0.2, 0.25) is 0 Å². The zero-order chi connectivity index (χ0) is 11.4. The van der Waals surface area contributed by atoms with Crippen LogP contribution >= 0.6 is 11.8 Å². The molecule has 2 heteroatoms. The molecular formula is C12H19NS. The van der Waals surface area contributed by atoms with Gasteiger partial charge in [0.15, 0.2) is 0 Å². The maximum absolute atomic E-state index is 8.44. The molecule has 0 radical (unpaired) electrons. The number of hydrogen-bond acceptors (Lipinski definition) is 2. The third kappa shape index (κ3) is 6.56. The lowest BCUT2D eigenvalue weighted by Crippen LogP contribution is -1.72. The fraction of sp³-hybridized carbons (Fsp3) is 0.417. The summed E-state index contributed by atoms with van der Waals surface area (Å²) in [5.41, 5.74) is 0.720. The highest BCUT2D eigenvalue weighted by atomic mass is 32.2. The van der Waals surface area contributed by atoms with Crippen LogP contribution in [0.25, 0.3) is 0 Å². The van der Waals surface area contributed by atoms with Gasteiger partial charge in [-0.2, -0.15) is 5.26 Å². The van der Waals surface area contributed by atoms with Crippen LogP contribution in [0.4, 0.5) is 0 Å². The lowest BCUT2D eigenvalue weighted by Gasteiger charge is -1.92. The molecule has 0 unspecified atom stereocenters. The van der Waals surface area contributed by atoms with E-state index in [1.165, 1.54) is 4.90 Å². The highest BCUT2D eigenvalue weighted by Crippen LogP contribution is 2.13. The summed E-state index contributed by atoms with van der Waals surface area (Å²) in [6, 6.07) is 9.61. The molecule has 78 valence electrons. The van der Waals surface area contributed by atoms with Gasteiger partial charge in [-0.3, -0.25) is 0 Å². The summed E-state index contributed by atoms with van der Waals surface area (Å²) >= 11 is 1.68. The fourth-order valence-electron chi connectivity index (χ4n) is 0.666. The van der Waals surface area contributed by atoms with Gasteiger partial charge in [0.05, 0.1) is 11.6 Å². The molecule has 1 rings (SSSR count). The Morgan fingerprint density at radius 2 is 1.43 bits per heavy atom. The van der Waals surface area contributed by atoms with Gasteiger partial charge in [-0.05, 0) is 30.5 Å². The van der Waals surface area contributed by atoms with E-state index >= 15 is 0 Å². The third-order valence-corrected chi connectivity index (χ3v) is 1.96. The average Bonchev–Trinajstić information content (AvgIpc) is 2.34. The predicted molar refractivity (Wildman–Crippen MR) is 65.6 cm³/mol. The van der Waals surface area contributed by atoms with Crippen molar-refractivity contribution in [1.82, 2.24) is 0 Å². The first-order chi connectivity index (χ1) is 6.86. The maximum Gasteiger partial charge on any atom is 0.0991 e. The Kier molecular flexibility index (Phi) is 13.4. The molecule has 0 fully saturated rings. The van der Waals surface area contributed by atoms with Crippen LogP contribution in [0.15, 0.2) is 29.2 Å². The SMILES string of the molecule is CC.CC.CSc1ccc(C#N)cc1. The lowest BCUT2D eigenvalue weighted by molar-refractivity contribution is 1.42. The van der Waals surface area contributed by atoms with Crippen molar-refractivity contribution in [2.24, 2.45) is 0 Å². The standard InChI is InChI=1S/C8H7NS.2C2H6/c1-10-8-4-2-7(6-9)3-5-8;2*1-2/h2-5H,1H3;2*1-2H3. The van der Waals surface area contributed by atoms with Crippen molar-refractivity contribution in [1.29, 1.82) is 5.26 Å². The van der Waals surface area contributed by atoms with Crippen LogP contribution in [-0.4, -0.2) is 6.26 Å². The first-order valence-electron chi connectivity index (χ1n) is 4.91. The van der Waals surface area contributed by atoms with Gasteiger partial charge in [-0.25, -0.2) is 0 Å². The van der Waals surface area contributed by atoms with E-state index in [0.717, 1.165) is 5.56 Å². The molecule has 0 saturated carbocycles. The van der Waals surface area contributed by atoms with Crippen LogP contribution in [0.5, 0.6) is 0 Å². The van der Waals surface area contributed by atoms with Crippen LogP contribution in [0.2, 0.25) is 0 Å². The van der Waals surface area contributed by atoms with E-state index < -0.39 is 0 Å². The predicted octanol–water partition coefficient (Wildman–Crippen LogP) is 4.33. The molecule has 1 aromatic rings. The molecule has 1 nitrogen and oxygen atoms in total. The summed E-state index contributed by atoms with van der Waals surface area (Å²) in [4.78, 5) is 1.19. The monoisotopic (exact) mass is 209 g/mol. The molecular weight excluding hydrogens is 190 g/mol. The molecule has 0 N–H and O–H groups in total. The van der Waals surface area contributed by atoms with Crippen molar-refractivity contribution in [3.63, 3.8) is 0 Å². The highest BCUT2D eigenvalue weighted by molar-refractivity contribution is 7.98. The Morgan fingerprint density at radius 1 is 1.00 bits per heavy atom. The van der Waals surface area contributed by atoms with E-state index in [1.54, 1.807) is 11.8 Å². The van der Waals surface area contributed by atoms with Crippen LogP contribution in [0.1, 0.15) is 33.3 Å². The number of thioether (sulfide) groups is 1. The van der Waals surface area contributed by atoms with Gasteiger partial charge in [0.1, 0.15) is 0 Å². The van der Waals surface area contributed by atoms with E-state index in [9.17, 15) is 0 Å². The summed E-state index contributed by atoms with van der Waals surface area (Å²) in [5, 5.41) is 8.44. The molecule has 0 aliphatic rings. The van der Waals surface area contributed by atoms with E-state index in [1.807, 2.05) is 58.2 Å². The second kappa shape index (κ2) is 12.1. The molecule has 0 amide bonds.